The first-order valence-electron chi connectivity index (χ1n) is 8.68. The maximum absolute atomic E-state index is 14.0. The molecule has 31 heavy (non-hydrogen) atoms. The van der Waals surface area contributed by atoms with E-state index >= 15 is 0 Å². The van der Waals surface area contributed by atoms with Gasteiger partial charge in [0.1, 0.15) is 0 Å². The minimum absolute atomic E-state index is 0.0562. The summed E-state index contributed by atoms with van der Waals surface area (Å²) >= 11 is 0. The van der Waals surface area contributed by atoms with Crippen LogP contribution in [0.1, 0.15) is 17.3 Å². The average Bonchev–Trinajstić information content (AvgIpc) is 2.70. The summed E-state index contributed by atoms with van der Waals surface area (Å²) in [6, 6.07) is 11.3. The number of nitrogens with one attached hydrogen (secondary N) is 3. The van der Waals surface area contributed by atoms with Crippen LogP contribution in [-0.4, -0.2) is 38.7 Å². The highest BCUT2D eigenvalue weighted by Gasteiger charge is 2.63. The SMILES string of the molecule is CCOC(=O)[C@@](NNc1ccc(S(N)(=O)=O)cc1)(NC(=O)c1ccccc1)C(F)(F)F. The third-order valence-corrected chi connectivity index (χ3v) is 4.85. The molecule has 0 aliphatic heterocycles. The number of ether oxygens (including phenoxy) is 1. The van der Waals surface area contributed by atoms with Crippen molar-refractivity contribution in [1.82, 2.24) is 10.7 Å². The summed E-state index contributed by atoms with van der Waals surface area (Å²) in [4.78, 5) is 24.5. The van der Waals surface area contributed by atoms with E-state index in [4.69, 9.17) is 5.14 Å². The molecule has 2 aromatic rings. The highest BCUT2D eigenvalue weighted by molar-refractivity contribution is 7.89. The molecule has 1 atom stereocenters. The van der Waals surface area contributed by atoms with Gasteiger partial charge in [-0.15, -0.1) is 0 Å². The quantitative estimate of drug-likeness (QED) is 0.266. The van der Waals surface area contributed by atoms with Gasteiger partial charge < -0.3 is 15.5 Å². The maximum atomic E-state index is 14.0. The highest BCUT2D eigenvalue weighted by atomic mass is 32.2. The predicted octanol–water partition coefficient (Wildman–Crippen LogP) is 1.50. The summed E-state index contributed by atoms with van der Waals surface area (Å²) in [7, 11) is -4.01. The number of alkyl halides is 3. The van der Waals surface area contributed by atoms with Gasteiger partial charge in [-0.2, -0.15) is 18.6 Å². The second kappa shape index (κ2) is 9.32. The number of rotatable bonds is 8. The van der Waals surface area contributed by atoms with E-state index in [1.807, 2.05) is 0 Å². The average molecular weight is 460 g/mol. The zero-order valence-electron chi connectivity index (χ0n) is 16.1. The number of carbonyl (C=O) groups is 2. The van der Waals surface area contributed by atoms with Crippen molar-refractivity contribution >= 4 is 27.6 Å². The molecule has 0 unspecified atom stereocenters. The van der Waals surface area contributed by atoms with Gasteiger partial charge in [-0.05, 0) is 43.3 Å². The van der Waals surface area contributed by atoms with E-state index < -0.39 is 33.7 Å². The third-order valence-electron chi connectivity index (χ3n) is 3.92. The van der Waals surface area contributed by atoms with Gasteiger partial charge in [-0.3, -0.25) is 4.79 Å². The molecule has 1 amide bonds. The summed E-state index contributed by atoms with van der Waals surface area (Å²) in [5, 5.41) is 6.62. The Morgan fingerprint density at radius 1 is 1.03 bits per heavy atom. The molecule has 0 aliphatic carbocycles. The van der Waals surface area contributed by atoms with Crippen molar-refractivity contribution in [2.45, 2.75) is 23.7 Å². The van der Waals surface area contributed by atoms with E-state index in [1.54, 1.807) is 16.8 Å². The first-order valence-corrected chi connectivity index (χ1v) is 10.2. The summed E-state index contributed by atoms with van der Waals surface area (Å²) < 4.78 is 69.2. The lowest BCUT2D eigenvalue weighted by molar-refractivity contribution is -0.217. The molecule has 0 aromatic heterocycles. The fraction of sp³-hybridized carbons (Fsp3) is 0.222. The van der Waals surface area contributed by atoms with Crippen LogP contribution in [0.5, 0.6) is 0 Å². The first-order chi connectivity index (χ1) is 14.4. The Morgan fingerprint density at radius 2 is 1.61 bits per heavy atom. The summed E-state index contributed by atoms with van der Waals surface area (Å²) in [5.41, 5.74) is 0.0769. The van der Waals surface area contributed by atoms with E-state index in [0.29, 0.717) is 0 Å². The van der Waals surface area contributed by atoms with E-state index in [1.165, 1.54) is 31.2 Å². The largest absolute Gasteiger partial charge is 0.463 e. The maximum Gasteiger partial charge on any atom is 0.438 e. The third kappa shape index (κ3) is 5.71. The van der Waals surface area contributed by atoms with E-state index in [0.717, 1.165) is 24.3 Å². The molecule has 0 spiro atoms. The van der Waals surface area contributed by atoms with Crippen molar-refractivity contribution in [1.29, 1.82) is 0 Å². The van der Waals surface area contributed by atoms with Gasteiger partial charge in [0.05, 0.1) is 11.5 Å². The molecule has 0 bridgehead atoms. The number of amides is 1. The van der Waals surface area contributed by atoms with E-state index in [-0.39, 0.29) is 22.8 Å². The van der Waals surface area contributed by atoms with Gasteiger partial charge in [0, 0.05) is 11.3 Å². The molecule has 2 aromatic carbocycles. The fourth-order valence-electron chi connectivity index (χ4n) is 2.36. The molecule has 5 N–H and O–H groups in total. The van der Waals surface area contributed by atoms with Crippen molar-refractivity contribution in [3.8, 4) is 0 Å². The molecule has 168 valence electrons. The molecule has 2 rings (SSSR count). The van der Waals surface area contributed by atoms with Gasteiger partial charge in [0.15, 0.2) is 0 Å². The molecular formula is C18H19F3N4O5S. The van der Waals surface area contributed by atoms with Crippen molar-refractivity contribution in [3.05, 3.63) is 60.2 Å². The van der Waals surface area contributed by atoms with Crippen LogP contribution in [0.3, 0.4) is 0 Å². The zero-order chi connectivity index (χ0) is 23.3. The highest BCUT2D eigenvalue weighted by Crippen LogP contribution is 2.30. The van der Waals surface area contributed by atoms with Crippen molar-refractivity contribution in [2.75, 3.05) is 12.0 Å². The Kier molecular flexibility index (Phi) is 7.25. The molecule has 0 radical (unpaired) electrons. The van der Waals surface area contributed by atoms with Crippen molar-refractivity contribution < 1.29 is 35.9 Å². The summed E-state index contributed by atoms with van der Waals surface area (Å²) in [6.07, 6.45) is -5.34. The van der Waals surface area contributed by atoms with Crippen molar-refractivity contribution in [2.24, 2.45) is 5.14 Å². The molecule has 0 saturated carbocycles. The van der Waals surface area contributed by atoms with Gasteiger partial charge in [-0.1, -0.05) is 18.2 Å². The molecule has 13 heteroatoms. The Bertz CT molecular complexity index is 1030. The Labute approximate surface area is 175 Å². The first kappa shape index (κ1) is 24.1. The minimum Gasteiger partial charge on any atom is -0.463 e. The smallest absolute Gasteiger partial charge is 0.438 e. The number of nitrogens with two attached hydrogens (primary N) is 1. The minimum atomic E-state index is -5.34. The molecule has 9 nitrogen and oxygen atoms in total. The van der Waals surface area contributed by atoms with Crippen LogP contribution in [0.25, 0.3) is 0 Å². The van der Waals surface area contributed by atoms with Crippen LogP contribution in [0.2, 0.25) is 0 Å². The van der Waals surface area contributed by atoms with E-state index in [2.05, 4.69) is 10.2 Å². The molecule has 0 aliphatic rings. The van der Waals surface area contributed by atoms with Crippen LogP contribution in [-0.2, 0) is 19.6 Å². The van der Waals surface area contributed by atoms with E-state index in [9.17, 15) is 31.2 Å². The van der Waals surface area contributed by atoms with Gasteiger partial charge in [0.2, 0.25) is 10.0 Å². The lowest BCUT2D eigenvalue weighted by Crippen LogP contribution is -2.73. The number of sulfonamides is 1. The Morgan fingerprint density at radius 3 is 2.10 bits per heavy atom. The molecule has 0 saturated heterocycles. The van der Waals surface area contributed by atoms with Crippen LogP contribution in [0.4, 0.5) is 18.9 Å². The lowest BCUT2D eigenvalue weighted by Gasteiger charge is -2.35. The summed E-state index contributed by atoms with van der Waals surface area (Å²) in [6.45, 7) is 0.917. The predicted molar refractivity (Wildman–Crippen MR) is 104 cm³/mol. The second-order valence-electron chi connectivity index (χ2n) is 6.11. The summed E-state index contributed by atoms with van der Waals surface area (Å²) in [5.74, 6) is -3.00. The number of hydrazine groups is 1. The van der Waals surface area contributed by atoms with Crippen LogP contribution < -0.4 is 21.3 Å². The number of hydrogen-bond acceptors (Lipinski definition) is 7. The number of carbonyl (C=O) groups excluding carboxylic acids is 2. The number of benzene rings is 2. The zero-order valence-corrected chi connectivity index (χ0v) is 16.9. The van der Waals surface area contributed by atoms with Gasteiger partial charge in [0.25, 0.3) is 5.91 Å². The standard InChI is InChI=1S/C18H19F3N4O5S/c1-2-30-16(27)17(18(19,20)21,23-15(26)12-6-4-3-5-7-12)25-24-13-8-10-14(11-9-13)31(22,28)29/h3-11,24-25H,2H2,1H3,(H,23,26)(H2,22,28,29)/t17-/m0/s1. The number of hydrogen-bond donors (Lipinski definition) is 4. The van der Waals surface area contributed by atoms with Gasteiger partial charge in [-0.25, -0.2) is 18.4 Å². The lowest BCUT2D eigenvalue weighted by atomic mass is 10.1. The molecule has 0 heterocycles. The number of esters is 1. The Hall–Kier alpha value is -3.16. The number of primary sulfonamides is 1. The number of halogens is 3. The fourth-order valence-corrected chi connectivity index (χ4v) is 2.87. The molecule has 0 fully saturated rings. The topological polar surface area (TPSA) is 140 Å². The normalized spacial score (nSPS) is 13.7. The second-order valence-corrected chi connectivity index (χ2v) is 7.67. The van der Waals surface area contributed by atoms with Crippen molar-refractivity contribution in [3.63, 3.8) is 0 Å². The Balaban J connectivity index is 2.38. The molecular weight excluding hydrogens is 441 g/mol. The van der Waals surface area contributed by atoms with Crippen LogP contribution in [0.15, 0.2) is 59.5 Å². The number of anilines is 1. The van der Waals surface area contributed by atoms with Gasteiger partial charge >= 0.3 is 17.8 Å². The van der Waals surface area contributed by atoms with Crippen LogP contribution in [0, 0.1) is 0 Å². The monoisotopic (exact) mass is 460 g/mol. The van der Waals surface area contributed by atoms with Crippen LogP contribution >= 0.6 is 0 Å².